The second-order valence-electron chi connectivity index (χ2n) is 7.07. The highest BCUT2D eigenvalue weighted by Gasteiger charge is 2.42. The van der Waals surface area contributed by atoms with Crippen molar-refractivity contribution in [3.63, 3.8) is 0 Å². The third kappa shape index (κ3) is 3.18. The number of fused-ring (bicyclic) bond motifs is 1. The predicted molar refractivity (Wildman–Crippen MR) is 97.4 cm³/mol. The van der Waals surface area contributed by atoms with Crippen molar-refractivity contribution in [2.45, 2.75) is 32.4 Å². The molecule has 0 unspecified atom stereocenters. The Kier molecular flexibility index (Phi) is 4.18. The smallest absolute Gasteiger partial charge is 0.251 e. The number of carbonyl (C=O) groups is 3. The summed E-state index contributed by atoms with van der Waals surface area (Å²) in [5, 5.41) is 9.95. The van der Waals surface area contributed by atoms with Crippen LogP contribution < -0.4 is 10.6 Å². The van der Waals surface area contributed by atoms with Gasteiger partial charge >= 0.3 is 0 Å². The van der Waals surface area contributed by atoms with Crippen LogP contribution in [0.2, 0.25) is 0 Å². The van der Waals surface area contributed by atoms with E-state index >= 15 is 0 Å². The second-order valence-corrected chi connectivity index (χ2v) is 7.07. The molecule has 8 heteroatoms. The Hall–Kier alpha value is -3.16. The molecule has 8 nitrogen and oxygen atoms in total. The summed E-state index contributed by atoms with van der Waals surface area (Å²) in [5.74, 6) is -0.473. The number of hydrogen-bond acceptors (Lipinski definition) is 4. The molecule has 0 aliphatic carbocycles. The van der Waals surface area contributed by atoms with Gasteiger partial charge in [-0.25, -0.2) is 4.68 Å². The highest BCUT2D eigenvalue weighted by atomic mass is 16.2. The molecule has 4 rings (SSSR count). The van der Waals surface area contributed by atoms with Crippen LogP contribution in [0, 0.1) is 13.8 Å². The van der Waals surface area contributed by atoms with Crippen molar-refractivity contribution < 1.29 is 14.4 Å². The fourth-order valence-electron chi connectivity index (χ4n) is 3.76. The van der Waals surface area contributed by atoms with Gasteiger partial charge in [-0.1, -0.05) is 0 Å². The Balaban J connectivity index is 1.44. The molecule has 0 bridgehead atoms. The molecule has 140 valence electrons. The van der Waals surface area contributed by atoms with Crippen molar-refractivity contribution in [1.29, 1.82) is 0 Å². The van der Waals surface area contributed by atoms with Crippen molar-refractivity contribution in [2.24, 2.45) is 0 Å². The number of aryl methyl sites for hydroxylation is 2. The zero-order valence-electron chi connectivity index (χ0n) is 15.2. The summed E-state index contributed by atoms with van der Waals surface area (Å²) in [6.07, 6.45) is 0.438. The first-order valence-electron chi connectivity index (χ1n) is 8.94. The van der Waals surface area contributed by atoms with E-state index in [2.05, 4.69) is 15.7 Å². The van der Waals surface area contributed by atoms with Gasteiger partial charge in [0.1, 0.15) is 6.04 Å². The minimum Gasteiger partial charge on any atom is -0.347 e. The van der Waals surface area contributed by atoms with Crippen molar-refractivity contribution in [1.82, 2.24) is 25.3 Å². The van der Waals surface area contributed by atoms with Crippen LogP contribution >= 0.6 is 0 Å². The average Bonchev–Trinajstić information content (AvgIpc) is 3.22. The number of nitrogens with zero attached hydrogens (tertiary/aromatic N) is 3. The van der Waals surface area contributed by atoms with Gasteiger partial charge in [0.15, 0.2) is 0 Å². The molecule has 2 aromatic rings. The van der Waals surface area contributed by atoms with Crippen LogP contribution in [-0.2, 0) is 9.59 Å². The molecule has 2 fully saturated rings. The number of carbonyl (C=O) groups excluding carboxylic acids is 3. The molecule has 0 spiro atoms. The Morgan fingerprint density at radius 1 is 1.22 bits per heavy atom. The Labute approximate surface area is 156 Å². The maximum atomic E-state index is 12.6. The summed E-state index contributed by atoms with van der Waals surface area (Å²) in [7, 11) is 0. The largest absolute Gasteiger partial charge is 0.347 e. The minimum atomic E-state index is -0.482. The van der Waals surface area contributed by atoms with E-state index in [-0.39, 0.29) is 30.3 Å². The van der Waals surface area contributed by atoms with E-state index < -0.39 is 6.04 Å². The molecule has 1 aromatic carbocycles. The molecular weight excluding hydrogens is 346 g/mol. The number of aromatic nitrogens is 2. The van der Waals surface area contributed by atoms with Crippen molar-refractivity contribution in [2.75, 3.05) is 13.1 Å². The standard InChI is InChI=1S/C19H21N5O3/c1-11-7-12(2)24(22-11)15-5-3-13(4-6-15)18(26)21-14-8-16-19(27)20-9-17(25)23(16)10-14/h3-7,14,16H,8-10H2,1-2H3,(H,20,27)(H,21,26)/t14-,16-/m0/s1. The lowest BCUT2D eigenvalue weighted by atomic mass is 10.1. The maximum absolute atomic E-state index is 12.6. The van der Waals surface area contributed by atoms with E-state index in [0.29, 0.717) is 18.5 Å². The summed E-state index contributed by atoms with van der Waals surface area (Å²) in [6, 6.07) is 8.48. The SMILES string of the molecule is Cc1cc(C)n(-c2ccc(C(=O)N[C@H]3C[C@H]4C(=O)NCC(=O)N4C3)cc2)n1. The molecular formula is C19H21N5O3. The topological polar surface area (TPSA) is 96.3 Å². The van der Waals surface area contributed by atoms with E-state index in [1.165, 1.54) is 0 Å². The third-order valence-corrected chi connectivity index (χ3v) is 5.06. The third-order valence-electron chi connectivity index (χ3n) is 5.06. The highest BCUT2D eigenvalue weighted by Crippen LogP contribution is 2.21. The Morgan fingerprint density at radius 3 is 2.59 bits per heavy atom. The number of benzene rings is 1. The van der Waals surface area contributed by atoms with Gasteiger partial charge in [0, 0.05) is 23.8 Å². The van der Waals surface area contributed by atoms with E-state index in [9.17, 15) is 14.4 Å². The van der Waals surface area contributed by atoms with Gasteiger partial charge in [0.05, 0.1) is 17.9 Å². The Morgan fingerprint density at radius 2 is 1.96 bits per heavy atom. The van der Waals surface area contributed by atoms with Gasteiger partial charge in [-0.15, -0.1) is 0 Å². The van der Waals surface area contributed by atoms with Gasteiger partial charge in [0.25, 0.3) is 5.91 Å². The number of hydrogen-bond donors (Lipinski definition) is 2. The summed E-state index contributed by atoms with van der Waals surface area (Å²) in [6.45, 7) is 4.31. The molecule has 2 aliphatic rings. The van der Waals surface area contributed by atoms with E-state index in [1.807, 2.05) is 36.7 Å². The Bertz CT molecular complexity index is 894. The first kappa shape index (κ1) is 17.3. The van der Waals surface area contributed by atoms with Gasteiger partial charge in [-0.3, -0.25) is 14.4 Å². The van der Waals surface area contributed by atoms with Crippen LogP contribution in [0.1, 0.15) is 28.2 Å². The first-order valence-corrected chi connectivity index (χ1v) is 8.94. The molecule has 2 saturated heterocycles. The van der Waals surface area contributed by atoms with Crippen LogP contribution in [0.5, 0.6) is 0 Å². The first-order chi connectivity index (χ1) is 12.9. The number of nitrogens with one attached hydrogen (secondary N) is 2. The quantitative estimate of drug-likeness (QED) is 0.817. The van der Waals surface area contributed by atoms with Crippen LogP contribution in [0.25, 0.3) is 5.69 Å². The van der Waals surface area contributed by atoms with Crippen molar-refractivity contribution in [3.05, 3.63) is 47.3 Å². The lowest BCUT2D eigenvalue weighted by Gasteiger charge is -2.28. The maximum Gasteiger partial charge on any atom is 0.251 e. The normalized spacial score (nSPS) is 21.8. The zero-order chi connectivity index (χ0) is 19.1. The number of rotatable bonds is 3. The molecule has 1 aromatic heterocycles. The summed E-state index contributed by atoms with van der Waals surface area (Å²) >= 11 is 0. The van der Waals surface area contributed by atoms with E-state index in [1.54, 1.807) is 17.0 Å². The molecule has 0 radical (unpaired) electrons. The average molecular weight is 367 g/mol. The molecule has 2 aliphatic heterocycles. The zero-order valence-corrected chi connectivity index (χ0v) is 15.2. The molecule has 2 N–H and O–H groups in total. The van der Waals surface area contributed by atoms with Gasteiger partial charge in [-0.2, -0.15) is 5.10 Å². The lowest BCUT2D eigenvalue weighted by molar-refractivity contribution is -0.143. The molecule has 0 saturated carbocycles. The van der Waals surface area contributed by atoms with E-state index in [0.717, 1.165) is 17.1 Å². The minimum absolute atomic E-state index is 0.0315. The summed E-state index contributed by atoms with van der Waals surface area (Å²) in [4.78, 5) is 37.9. The predicted octanol–water partition coefficient (Wildman–Crippen LogP) is 0.318. The number of piperazine rings is 1. The molecule has 3 heterocycles. The van der Waals surface area contributed by atoms with E-state index in [4.69, 9.17) is 0 Å². The van der Waals surface area contributed by atoms with Gasteiger partial charge < -0.3 is 15.5 Å². The van der Waals surface area contributed by atoms with Crippen LogP contribution in [0.15, 0.2) is 30.3 Å². The van der Waals surface area contributed by atoms with Crippen molar-refractivity contribution in [3.8, 4) is 5.69 Å². The fraction of sp³-hybridized carbons (Fsp3) is 0.368. The summed E-state index contributed by atoms with van der Waals surface area (Å²) < 4.78 is 1.83. The van der Waals surface area contributed by atoms with Crippen LogP contribution in [0.4, 0.5) is 0 Å². The van der Waals surface area contributed by atoms with Crippen LogP contribution in [0.3, 0.4) is 0 Å². The molecule has 27 heavy (non-hydrogen) atoms. The molecule has 3 amide bonds. The van der Waals surface area contributed by atoms with Gasteiger partial charge in [-0.05, 0) is 50.6 Å². The number of amides is 3. The van der Waals surface area contributed by atoms with Gasteiger partial charge in [0.2, 0.25) is 11.8 Å². The van der Waals surface area contributed by atoms with Crippen LogP contribution in [-0.4, -0.2) is 57.6 Å². The highest BCUT2D eigenvalue weighted by molar-refractivity contribution is 5.97. The fourth-order valence-corrected chi connectivity index (χ4v) is 3.76. The van der Waals surface area contributed by atoms with Crippen molar-refractivity contribution >= 4 is 17.7 Å². The summed E-state index contributed by atoms with van der Waals surface area (Å²) in [5.41, 5.74) is 3.37. The monoisotopic (exact) mass is 367 g/mol. The lowest BCUT2D eigenvalue weighted by Crippen LogP contribution is -2.55. The second kappa shape index (κ2) is 6.53. The molecule has 2 atom stereocenters.